The van der Waals surface area contributed by atoms with E-state index in [-0.39, 0.29) is 0 Å². The Morgan fingerprint density at radius 2 is 2.50 bits per heavy atom. The molecule has 0 aliphatic carbocycles. The number of hydrogen-bond donors (Lipinski definition) is 1. The van der Waals surface area contributed by atoms with Crippen molar-refractivity contribution in [2.24, 2.45) is 0 Å². The van der Waals surface area contributed by atoms with E-state index in [9.17, 15) is 4.79 Å². The molecule has 1 N–H and O–H groups in total. The molecule has 1 fully saturated rings. The fraction of sp³-hybridized carbons (Fsp3) is 0.364. The number of carbonyl (C=O) groups excluding carboxylic acids is 1. The van der Waals surface area contributed by atoms with Gasteiger partial charge < -0.3 is 9.53 Å². The zero-order valence-corrected chi connectivity index (χ0v) is 10.2. The van der Waals surface area contributed by atoms with Crippen LogP contribution in [-0.4, -0.2) is 30.1 Å². The average molecular weight is 258 g/mol. The molecular formula is C11H12ClNO2S. The number of aldehydes is 1. The van der Waals surface area contributed by atoms with Crippen molar-refractivity contribution in [1.82, 2.24) is 5.32 Å². The zero-order chi connectivity index (χ0) is 11.4. The van der Waals surface area contributed by atoms with Gasteiger partial charge in [0.1, 0.15) is 12.4 Å². The smallest absolute Gasteiger partial charge is 0.155 e. The Morgan fingerprint density at radius 3 is 3.12 bits per heavy atom. The van der Waals surface area contributed by atoms with E-state index in [4.69, 9.17) is 16.3 Å². The van der Waals surface area contributed by atoms with Crippen LogP contribution in [0.4, 0.5) is 0 Å². The molecule has 16 heavy (non-hydrogen) atoms. The van der Waals surface area contributed by atoms with E-state index in [1.807, 2.05) is 12.1 Å². The van der Waals surface area contributed by atoms with Crippen LogP contribution in [0.25, 0.3) is 0 Å². The van der Waals surface area contributed by atoms with Crippen LogP contribution in [-0.2, 0) is 4.79 Å². The van der Waals surface area contributed by atoms with Crippen LogP contribution in [0.15, 0.2) is 24.3 Å². The van der Waals surface area contributed by atoms with Gasteiger partial charge in [0, 0.05) is 17.3 Å². The Morgan fingerprint density at radius 1 is 1.62 bits per heavy atom. The molecule has 1 atom stereocenters. The largest absolute Gasteiger partial charge is 0.490 e. The second-order valence-corrected chi connectivity index (χ2v) is 5.39. The normalized spacial score (nSPS) is 24.3. The summed E-state index contributed by atoms with van der Waals surface area (Å²) >= 11 is 7.41. The second-order valence-electron chi connectivity index (χ2n) is 3.53. The highest BCUT2D eigenvalue weighted by Gasteiger charge is 2.34. The topological polar surface area (TPSA) is 38.3 Å². The summed E-state index contributed by atoms with van der Waals surface area (Å²) in [6, 6.07) is 7.16. The Labute approximate surface area is 104 Å². The molecule has 0 saturated carbocycles. The molecule has 2 rings (SSSR count). The number of benzene rings is 1. The molecule has 5 heteroatoms. The SMILES string of the molecule is O=CC1(COc2cccc(Cl)c2)NCCS1. The van der Waals surface area contributed by atoms with Gasteiger partial charge in [-0.3, -0.25) is 5.32 Å². The number of rotatable bonds is 4. The van der Waals surface area contributed by atoms with Crippen LogP contribution >= 0.6 is 23.4 Å². The summed E-state index contributed by atoms with van der Waals surface area (Å²) in [5, 5.41) is 3.77. The summed E-state index contributed by atoms with van der Waals surface area (Å²) in [5.41, 5.74) is 0. The second kappa shape index (κ2) is 5.08. The maximum Gasteiger partial charge on any atom is 0.155 e. The Bertz CT molecular complexity index is 380. The summed E-state index contributed by atoms with van der Waals surface area (Å²) in [6.45, 7) is 1.16. The first-order chi connectivity index (χ1) is 7.74. The van der Waals surface area contributed by atoms with E-state index in [1.54, 1.807) is 23.9 Å². The predicted molar refractivity (Wildman–Crippen MR) is 66.2 cm³/mol. The lowest BCUT2D eigenvalue weighted by molar-refractivity contribution is -0.111. The maximum absolute atomic E-state index is 11.0. The van der Waals surface area contributed by atoms with E-state index in [1.165, 1.54) is 0 Å². The first kappa shape index (κ1) is 11.8. The predicted octanol–water partition coefficient (Wildman–Crippen LogP) is 1.95. The molecule has 3 nitrogen and oxygen atoms in total. The summed E-state index contributed by atoms with van der Waals surface area (Å²) in [6.07, 6.45) is 0.912. The fourth-order valence-corrected chi connectivity index (χ4v) is 2.66. The molecular weight excluding hydrogens is 246 g/mol. The van der Waals surface area contributed by atoms with Crippen LogP contribution < -0.4 is 10.1 Å². The summed E-state index contributed by atoms with van der Waals surface area (Å²) < 4.78 is 5.57. The lowest BCUT2D eigenvalue weighted by Crippen LogP contribution is -2.44. The molecule has 1 heterocycles. The summed E-state index contributed by atoms with van der Waals surface area (Å²) in [5.74, 6) is 1.61. The molecule has 1 aromatic rings. The van der Waals surface area contributed by atoms with Crippen LogP contribution in [0.3, 0.4) is 0 Å². The molecule has 0 radical (unpaired) electrons. The number of thioether (sulfide) groups is 1. The lowest BCUT2D eigenvalue weighted by Gasteiger charge is -2.21. The highest BCUT2D eigenvalue weighted by molar-refractivity contribution is 8.01. The first-order valence-corrected chi connectivity index (χ1v) is 6.34. The van der Waals surface area contributed by atoms with Crippen molar-refractivity contribution in [2.75, 3.05) is 18.9 Å². The minimum Gasteiger partial charge on any atom is -0.490 e. The maximum atomic E-state index is 11.0. The molecule has 1 unspecified atom stereocenters. The standard InChI is InChI=1S/C11H12ClNO2S/c12-9-2-1-3-10(6-9)15-8-11(7-14)13-4-5-16-11/h1-3,6-7,13H,4-5,8H2. The monoisotopic (exact) mass is 257 g/mol. The van der Waals surface area contributed by atoms with Gasteiger partial charge in [-0.05, 0) is 18.2 Å². The Hall–Kier alpha value is -0.710. The van der Waals surface area contributed by atoms with Gasteiger partial charge in [0.05, 0.1) is 0 Å². The van der Waals surface area contributed by atoms with Crippen molar-refractivity contribution in [3.05, 3.63) is 29.3 Å². The van der Waals surface area contributed by atoms with Crippen molar-refractivity contribution in [3.8, 4) is 5.75 Å². The van der Waals surface area contributed by atoms with E-state index in [0.29, 0.717) is 17.4 Å². The highest BCUT2D eigenvalue weighted by atomic mass is 35.5. The zero-order valence-electron chi connectivity index (χ0n) is 8.61. The number of nitrogens with one attached hydrogen (secondary N) is 1. The van der Waals surface area contributed by atoms with Crippen LogP contribution in [0.2, 0.25) is 5.02 Å². The van der Waals surface area contributed by atoms with Gasteiger partial charge in [-0.15, -0.1) is 11.8 Å². The Kier molecular flexibility index (Phi) is 3.74. The van der Waals surface area contributed by atoms with Crippen molar-refractivity contribution < 1.29 is 9.53 Å². The minimum atomic E-state index is -0.595. The number of carbonyl (C=O) groups is 1. The molecule has 1 aliphatic rings. The number of ether oxygens (including phenoxy) is 1. The van der Waals surface area contributed by atoms with E-state index in [0.717, 1.165) is 18.6 Å². The van der Waals surface area contributed by atoms with Gasteiger partial charge in [0.15, 0.2) is 11.2 Å². The quantitative estimate of drug-likeness (QED) is 0.837. The van der Waals surface area contributed by atoms with E-state index < -0.39 is 4.87 Å². The molecule has 1 aliphatic heterocycles. The lowest BCUT2D eigenvalue weighted by atomic mass is 10.3. The Balaban J connectivity index is 1.98. The van der Waals surface area contributed by atoms with Crippen molar-refractivity contribution in [2.45, 2.75) is 4.87 Å². The number of halogens is 1. The van der Waals surface area contributed by atoms with Gasteiger partial charge >= 0.3 is 0 Å². The van der Waals surface area contributed by atoms with Crippen LogP contribution in [0.1, 0.15) is 0 Å². The molecule has 1 saturated heterocycles. The fourth-order valence-electron chi connectivity index (χ4n) is 1.50. The van der Waals surface area contributed by atoms with Crippen LogP contribution in [0.5, 0.6) is 5.75 Å². The molecule has 0 aromatic heterocycles. The van der Waals surface area contributed by atoms with E-state index in [2.05, 4.69) is 5.32 Å². The summed E-state index contributed by atoms with van der Waals surface area (Å²) in [4.78, 5) is 10.4. The first-order valence-electron chi connectivity index (χ1n) is 4.98. The summed E-state index contributed by atoms with van der Waals surface area (Å²) in [7, 11) is 0. The van der Waals surface area contributed by atoms with Gasteiger partial charge in [-0.2, -0.15) is 0 Å². The number of hydrogen-bond acceptors (Lipinski definition) is 4. The van der Waals surface area contributed by atoms with Gasteiger partial charge in [0.2, 0.25) is 0 Å². The molecule has 0 spiro atoms. The van der Waals surface area contributed by atoms with Gasteiger partial charge in [-0.1, -0.05) is 17.7 Å². The van der Waals surface area contributed by atoms with Gasteiger partial charge in [-0.25, -0.2) is 0 Å². The minimum absolute atomic E-state index is 0.321. The highest BCUT2D eigenvalue weighted by Crippen LogP contribution is 2.27. The average Bonchev–Trinajstić information content (AvgIpc) is 2.76. The van der Waals surface area contributed by atoms with E-state index >= 15 is 0 Å². The van der Waals surface area contributed by atoms with Crippen molar-refractivity contribution >= 4 is 29.6 Å². The molecule has 86 valence electrons. The molecule has 0 amide bonds. The third-order valence-corrected chi connectivity index (χ3v) is 3.84. The van der Waals surface area contributed by atoms with Crippen LogP contribution in [0, 0.1) is 0 Å². The van der Waals surface area contributed by atoms with Gasteiger partial charge in [0.25, 0.3) is 0 Å². The third-order valence-electron chi connectivity index (χ3n) is 2.33. The molecule has 1 aromatic carbocycles. The molecule has 0 bridgehead atoms. The third kappa shape index (κ3) is 2.70. The van der Waals surface area contributed by atoms with Crippen molar-refractivity contribution in [1.29, 1.82) is 0 Å². The van der Waals surface area contributed by atoms with Crippen molar-refractivity contribution in [3.63, 3.8) is 0 Å².